The Morgan fingerprint density at radius 1 is 1.33 bits per heavy atom. The smallest absolute Gasteiger partial charge is 0.289 e. The van der Waals surface area contributed by atoms with E-state index >= 15 is 0 Å². The molecule has 4 heteroatoms. The van der Waals surface area contributed by atoms with Crippen LogP contribution in [0.15, 0.2) is 28.7 Å². The first-order valence-electron chi connectivity index (χ1n) is 4.52. The van der Waals surface area contributed by atoms with Crippen LogP contribution in [-0.4, -0.2) is 23.6 Å². The van der Waals surface area contributed by atoms with Gasteiger partial charge in [0.05, 0.1) is 0 Å². The molecular formula is C11H12BrNO2. The van der Waals surface area contributed by atoms with Gasteiger partial charge in [-0.05, 0) is 11.6 Å². The number of hydrogen-bond donors (Lipinski definition) is 0. The number of amides is 1. The van der Waals surface area contributed by atoms with E-state index in [0.29, 0.717) is 6.54 Å². The minimum Gasteiger partial charge on any atom is -0.335 e. The summed E-state index contributed by atoms with van der Waals surface area (Å²) in [4.78, 5) is 23.6. The van der Waals surface area contributed by atoms with Crippen molar-refractivity contribution in [1.82, 2.24) is 4.90 Å². The highest BCUT2D eigenvalue weighted by molar-refractivity contribution is 9.10. The number of hydrogen-bond acceptors (Lipinski definition) is 2. The molecule has 0 saturated heterocycles. The van der Waals surface area contributed by atoms with Crippen molar-refractivity contribution >= 4 is 27.6 Å². The zero-order valence-electron chi connectivity index (χ0n) is 8.66. The highest BCUT2D eigenvalue weighted by Gasteiger charge is 2.14. The van der Waals surface area contributed by atoms with Crippen molar-refractivity contribution in [3.8, 4) is 0 Å². The summed E-state index contributed by atoms with van der Waals surface area (Å²) in [5.74, 6) is -0.907. The number of carbonyl (C=O) groups excluding carboxylic acids is 2. The molecule has 0 aliphatic rings. The molecule has 0 fully saturated rings. The third-order valence-electron chi connectivity index (χ3n) is 2.01. The van der Waals surface area contributed by atoms with Crippen molar-refractivity contribution in [2.45, 2.75) is 13.5 Å². The van der Waals surface area contributed by atoms with Gasteiger partial charge < -0.3 is 4.90 Å². The largest absolute Gasteiger partial charge is 0.335 e. The van der Waals surface area contributed by atoms with Gasteiger partial charge in [0.2, 0.25) is 5.78 Å². The van der Waals surface area contributed by atoms with Gasteiger partial charge in [0.15, 0.2) is 0 Å². The van der Waals surface area contributed by atoms with E-state index in [2.05, 4.69) is 15.9 Å². The first-order chi connectivity index (χ1) is 7.02. The molecule has 1 amide bonds. The van der Waals surface area contributed by atoms with E-state index in [1.807, 2.05) is 24.3 Å². The molecule has 0 heterocycles. The molecule has 80 valence electrons. The number of rotatable bonds is 3. The van der Waals surface area contributed by atoms with Gasteiger partial charge in [0, 0.05) is 25.0 Å². The van der Waals surface area contributed by atoms with Gasteiger partial charge >= 0.3 is 0 Å². The molecule has 0 N–H and O–H groups in total. The quantitative estimate of drug-likeness (QED) is 0.788. The Morgan fingerprint density at radius 2 is 1.93 bits per heavy atom. The van der Waals surface area contributed by atoms with Gasteiger partial charge in [-0.25, -0.2) is 0 Å². The number of Topliss-reactive ketones (excluding diaryl/α,β-unsaturated/α-hetero) is 1. The first-order valence-corrected chi connectivity index (χ1v) is 5.31. The summed E-state index contributed by atoms with van der Waals surface area (Å²) in [5, 5.41) is 0. The van der Waals surface area contributed by atoms with Gasteiger partial charge in [-0.1, -0.05) is 34.1 Å². The fraction of sp³-hybridized carbons (Fsp3) is 0.273. The second kappa shape index (κ2) is 5.07. The van der Waals surface area contributed by atoms with Gasteiger partial charge in [0.25, 0.3) is 5.91 Å². The molecule has 0 spiro atoms. The summed E-state index contributed by atoms with van der Waals surface area (Å²) in [6, 6.07) is 7.61. The Labute approximate surface area is 97.2 Å². The highest BCUT2D eigenvalue weighted by Crippen LogP contribution is 2.17. The minimum atomic E-state index is -0.467. The maximum Gasteiger partial charge on any atom is 0.289 e. The van der Waals surface area contributed by atoms with Crippen molar-refractivity contribution in [3.05, 3.63) is 34.3 Å². The molecule has 15 heavy (non-hydrogen) atoms. The Kier molecular flexibility index (Phi) is 4.03. The summed E-state index contributed by atoms with van der Waals surface area (Å²) in [6.07, 6.45) is 0. The van der Waals surface area contributed by atoms with Crippen LogP contribution in [0.4, 0.5) is 0 Å². The number of carbonyl (C=O) groups is 2. The molecule has 0 atom stereocenters. The summed E-state index contributed by atoms with van der Waals surface area (Å²) in [5.41, 5.74) is 0.981. The highest BCUT2D eigenvalue weighted by atomic mass is 79.9. The van der Waals surface area contributed by atoms with Gasteiger partial charge in [0.1, 0.15) is 0 Å². The van der Waals surface area contributed by atoms with Gasteiger partial charge in [-0.2, -0.15) is 0 Å². The molecule has 1 rings (SSSR count). The summed E-state index contributed by atoms with van der Waals surface area (Å²) < 4.78 is 0.938. The maximum absolute atomic E-state index is 11.3. The molecule has 1 aromatic rings. The Morgan fingerprint density at radius 3 is 2.47 bits per heavy atom. The van der Waals surface area contributed by atoms with Crippen LogP contribution in [0, 0.1) is 0 Å². The third-order valence-corrected chi connectivity index (χ3v) is 2.79. The number of benzene rings is 1. The molecule has 0 radical (unpaired) electrons. The fourth-order valence-corrected chi connectivity index (χ4v) is 1.63. The summed E-state index contributed by atoms with van der Waals surface area (Å²) >= 11 is 3.39. The van der Waals surface area contributed by atoms with Crippen LogP contribution in [-0.2, 0) is 16.1 Å². The van der Waals surface area contributed by atoms with Crippen molar-refractivity contribution in [1.29, 1.82) is 0 Å². The maximum atomic E-state index is 11.3. The molecular weight excluding hydrogens is 258 g/mol. The molecule has 0 aliphatic carbocycles. The summed E-state index contributed by atoms with van der Waals surface area (Å²) in [6.45, 7) is 1.71. The van der Waals surface area contributed by atoms with E-state index in [4.69, 9.17) is 0 Å². The van der Waals surface area contributed by atoms with E-state index in [1.54, 1.807) is 7.05 Å². The van der Waals surface area contributed by atoms with Crippen LogP contribution in [0.25, 0.3) is 0 Å². The van der Waals surface area contributed by atoms with Gasteiger partial charge in [-0.3, -0.25) is 9.59 Å². The molecule has 0 aliphatic heterocycles. The molecule has 0 saturated carbocycles. The topological polar surface area (TPSA) is 37.4 Å². The number of halogens is 1. The molecule has 0 bridgehead atoms. The second-order valence-corrected chi connectivity index (χ2v) is 4.16. The SMILES string of the molecule is CC(=O)C(=O)N(C)Cc1ccccc1Br. The fourth-order valence-electron chi connectivity index (χ4n) is 1.22. The van der Waals surface area contributed by atoms with E-state index in [9.17, 15) is 9.59 Å². The molecule has 1 aromatic carbocycles. The van der Waals surface area contributed by atoms with E-state index in [0.717, 1.165) is 10.0 Å². The van der Waals surface area contributed by atoms with Crippen LogP contribution in [0.1, 0.15) is 12.5 Å². The Hall–Kier alpha value is -1.16. The Balaban J connectivity index is 2.75. The van der Waals surface area contributed by atoms with Crippen molar-refractivity contribution in [2.24, 2.45) is 0 Å². The lowest BCUT2D eigenvalue weighted by Gasteiger charge is -2.16. The average Bonchev–Trinajstić information content (AvgIpc) is 2.20. The number of likely N-dealkylation sites (N-methyl/N-ethyl adjacent to an activating group) is 1. The number of nitrogens with zero attached hydrogens (tertiary/aromatic N) is 1. The van der Waals surface area contributed by atoms with Crippen LogP contribution < -0.4 is 0 Å². The zero-order chi connectivity index (χ0) is 11.4. The lowest BCUT2D eigenvalue weighted by molar-refractivity contribution is -0.143. The van der Waals surface area contributed by atoms with Crippen molar-refractivity contribution < 1.29 is 9.59 Å². The van der Waals surface area contributed by atoms with E-state index in [-0.39, 0.29) is 0 Å². The molecule has 0 aromatic heterocycles. The monoisotopic (exact) mass is 269 g/mol. The number of ketones is 1. The van der Waals surface area contributed by atoms with Crippen LogP contribution in [0.2, 0.25) is 0 Å². The van der Waals surface area contributed by atoms with Crippen molar-refractivity contribution in [2.75, 3.05) is 7.05 Å². The van der Waals surface area contributed by atoms with Crippen LogP contribution in [0.5, 0.6) is 0 Å². The normalized spacial score (nSPS) is 9.80. The van der Waals surface area contributed by atoms with Crippen LogP contribution in [0.3, 0.4) is 0 Å². The summed E-state index contributed by atoms with van der Waals surface area (Å²) in [7, 11) is 1.61. The Bertz CT molecular complexity index is 390. The van der Waals surface area contributed by atoms with E-state index in [1.165, 1.54) is 11.8 Å². The zero-order valence-corrected chi connectivity index (χ0v) is 10.2. The second-order valence-electron chi connectivity index (χ2n) is 3.31. The predicted molar refractivity (Wildman–Crippen MR) is 61.3 cm³/mol. The third kappa shape index (κ3) is 3.16. The predicted octanol–water partition coefficient (Wildman–Crippen LogP) is 2.00. The van der Waals surface area contributed by atoms with Crippen molar-refractivity contribution in [3.63, 3.8) is 0 Å². The minimum absolute atomic E-state index is 0.430. The average molecular weight is 270 g/mol. The molecule has 3 nitrogen and oxygen atoms in total. The lowest BCUT2D eigenvalue weighted by Crippen LogP contribution is -2.31. The standard InChI is InChI=1S/C11H12BrNO2/c1-8(14)11(15)13(2)7-9-5-3-4-6-10(9)12/h3-6H,7H2,1-2H3. The first kappa shape index (κ1) is 11.9. The molecule has 0 unspecified atom stereocenters. The van der Waals surface area contributed by atoms with E-state index < -0.39 is 11.7 Å². The lowest BCUT2D eigenvalue weighted by atomic mass is 10.2. The van der Waals surface area contributed by atoms with Gasteiger partial charge in [-0.15, -0.1) is 0 Å². The van der Waals surface area contributed by atoms with Crippen LogP contribution >= 0.6 is 15.9 Å².